The quantitative estimate of drug-likeness (QED) is 0.769. The number of thiophene rings is 1. The summed E-state index contributed by atoms with van der Waals surface area (Å²) in [4.78, 5) is 28.1. The second-order valence-corrected chi connectivity index (χ2v) is 6.86. The zero-order chi connectivity index (χ0) is 17.8. The minimum absolute atomic E-state index is 0.168. The molecule has 1 aliphatic rings. The fourth-order valence-corrected chi connectivity index (χ4v) is 3.77. The summed E-state index contributed by atoms with van der Waals surface area (Å²) < 4.78 is 10.9. The molecular weight excluding hydrogens is 338 g/mol. The van der Waals surface area contributed by atoms with Crippen molar-refractivity contribution in [1.82, 2.24) is 4.90 Å². The van der Waals surface area contributed by atoms with Crippen LogP contribution in [-0.4, -0.2) is 36.0 Å². The molecule has 0 aliphatic carbocycles. The lowest BCUT2D eigenvalue weighted by Crippen LogP contribution is -2.42. The van der Waals surface area contributed by atoms with Crippen molar-refractivity contribution >= 4 is 23.2 Å². The number of nitrogens with zero attached hydrogens (tertiary/aromatic N) is 1. The van der Waals surface area contributed by atoms with Gasteiger partial charge in [-0.15, -0.1) is 11.3 Å². The number of para-hydroxylation sites is 1. The smallest absolute Gasteiger partial charge is 0.342 e. The van der Waals surface area contributed by atoms with Crippen LogP contribution in [0, 0.1) is 0 Å². The molecule has 0 bridgehead atoms. The van der Waals surface area contributed by atoms with Crippen molar-refractivity contribution in [2.75, 3.05) is 13.2 Å². The SMILES string of the molecule is CCOc1ccccc1C(=O)OC(C)C(=O)N1CCc2sccc2C1. The van der Waals surface area contributed by atoms with Crippen LogP contribution in [0.3, 0.4) is 0 Å². The van der Waals surface area contributed by atoms with E-state index in [1.165, 1.54) is 10.4 Å². The Morgan fingerprint density at radius 2 is 2.08 bits per heavy atom. The fourth-order valence-electron chi connectivity index (χ4n) is 2.88. The van der Waals surface area contributed by atoms with Crippen LogP contribution in [0.4, 0.5) is 0 Å². The van der Waals surface area contributed by atoms with E-state index in [-0.39, 0.29) is 5.91 Å². The Kier molecular flexibility index (Phi) is 5.38. The highest BCUT2D eigenvalue weighted by molar-refractivity contribution is 7.10. The first-order valence-corrected chi connectivity index (χ1v) is 9.25. The average molecular weight is 359 g/mol. The summed E-state index contributed by atoms with van der Waals surface area (Å²) in [5.41, 5.74) is 1.52. The van der Waals surface area contributed by atoms with Crippen LogP contribution in [0.1, 0.15) is 34.6 Å². The predicted molar refractivity (Wildman–Crippen MR) is 95.9 cm³/mol. The highest BCUT2D eigenvalue weighted by Crippen LogP contribution is 2.25. The molecule has 3 rings (SSSR count). The molecule has 0 saturated heterocycles. The van der Waals surface area contributed by atoms with Crippen molar-refractivity contribution in [3.05, 3.63) is 51.7 Å². The summed E-state index contributed by atoms with van der Waals surface area (Å²) in [6.07, 6.45) is 0.0226. The standard InChI is InChI=1S/C19H21NO4S/c1-3-23-16-7-5-4-6-15(16)19(22)24-13(2)18(21)20-10-8-17-14(12-20)9-11-25-17/h4-7,9,11,13H,3,8,10,12H2,1-2H3. The molecule has 0 spiro atoms. The molecule has 5 nitrogen and oxygen atoms in total. The summed E-state index contributed by atoms with van der Waals surface area (Å²) >= 11 is 1.72. The van der Waals surface area contributed by atoms with Crippen molar-refractivity contribution in [3.63, 3.8) is 0 Å². The number of amides is 1. The van der Waals surface area contributed by atoms with Crippen LogP contribution in [0.15, 0.2) is 35.7 Å². The minimum Gasteiger partial charge on any atom is -0.493 e. The van der Waals surface area contributed by atoms with E-state index in [0.717, 1.165) is 6.42 Å². The molecule has 0 saturated carbocycles. The molecule has 1 amide bonds. The number of carbonyl (C=O) groups excluding carboxylic acids is 2. The van der Waals surface area contributed by atoms with Crippen LogP contribution >= 0.6 is 11.3 Å². The highest BCUT2D eigenvalue weighted by atomic mass is 32.1. The number of hydrogen-bond donors (Lipinski definition) is 0. The molecule has 0 N–H and O–H groups in total. The maximum Gasteiger partial charge on any atom is 0.342 e. The van der Waals surface area contributed by atoms with E-state index in [4.69, 9.17) is 9.47 Å². The van der Waals surface area contributed by atoms with Crippen molar-refractivity contribution in [3.8, 4) is 5.75 Å². The number of carbonyl (C=O) groups is 2. The van der Waals surface area contributed by atoms with Crippen LogP contribution < -0.4 is 4.74 Å². The molecule has 2 heterocycles. The van der Waals surface area contributed by atoms with Gasteiger partial charge < -0.3 is 14.4 Å². The number of benzene rings is 1. The number of hydrogen-bond acceptors (Lipinski definition) is 5. The van der Waals surface area contributed by atoms with Crippen LogP contribution in [-0.2, 0) is 22.5 Å². The van der Waals surface area contributed by atoms with Gasteiger partial charge in [0.05, 0.1) is 6.61 Å². The Bertz CT molecular complexity index is 770. The normalized spacial score (nSPS) is 14.6. The Morgan fingerprint density at radius 1 is 1.28 bits per heavy atom. The third-order valence-corrected chi connectivity index (χ3v) is 5.18. The topological polar surface area (TPSA) is 55.8 Å². The zero-order valence-electron chi connectivity index (χ0n) is 14.4. The Morgan fingerprint density at radius 3 is 2.88 bits per heavy atom. The van der Waals surface area contributed by atoms with Gasteiger partial charge in [0.15, 0.2) is 6.10 Å². The van der Waals surface area contributed by atoms with E-state index in [0.29, 0.717) is 31.0 Å². The summed E-state index contributed by atoms with van der Waals surface area (Å²) in [5.74, 6) is -0.243. The Balaban J connectivity index is 1.65. The third-order valence-electron chi connectivity index (χ3n) is 4.16. The van der Waals surface area contributed by atoms with E-state index in [2.05, 4.69) is 6.07 Å². The van der Waals surface area contributed by atoms with Gasteiger partial charge in [-0.05, 0) is 49.4 Å². The van der Waals surface area contributed by atoms with Gasteiger partial charge in [0.2, 0.25) is 0 Å². The van der Waals surface area contributed by atoms with Crippen LogP contribution in [0.25, 0.3) is 0 Å². The van der Waals surface area contributed by atoms with Gasteiger partial charge in [-0.25, -0.2) is 4.79 Å². The largest absolute Gasteiger partial charge is 0.493 e. The summed E-state index contributed by atoms with van der Waals surface area (Å²) in [6, 6.07) is 8.95. The minimum atomic E-state index is -0.831. The van der Waals surface area contributed by atoms with E-state index in [9.17, 15) is 9.59 Å². The molecule has 1 aromatic heterocycles. The van der Waals surface area contributed by atoms with Crippen LogP contribution in [0.2, 0.25) is 0 Å². The van der Waals surface area contributed by atoms with Crippen LogP contribution in [0.5, 0.6) is 5.75 Å². The fraction of sp³-hybridized carbons (Fsp3) is 0.368. The van der Waals surface area contributed by atoms with Crippen molar-refractivity contribution in [2.24, 2.45) is 0 Å². The highest BCUT2D eigenvalue weighted by Gasteiger charge is 2.28. The zero-order valence-corrected chi connectivity index (χ0v) is 15.2. The molecule has 2 aromatic rings. The van der Waals surface area contributed by atoms with Gasteiger partial charge in [-0.1, -0.05) is 12.1 Å². The van der Waals surface area contributed by atoms with Gasteiger partial charge in [-0.2, -0.15) is 0 Å². The second-order valence-electron chi connectivity index (χ2n) is 5.86. The molecule has 132 valence electrons. The Hall–Kier alpha value is -2.34. The van der Waals surface area contributed by atoms with Gasteiger partial charge in [0.25, 0.3) is 5.91 Å². The van der Waals surface area contributed by atoms with Crippen molar-refractivity contribution in [2.45, 2.75) is 32.9 Å². The van der Waals surface area contributed by atoms with Crippen molar-refractivity contribution in [1.29, 1.82) is 0 Å². The molecular formula is C19H21NO4S. The van der Waals surface area contributed by atoms with E-state index < -0.39 is 12.1 Å². The predicted octanol–water partition coefficient (Wildman–Crippen LogP) is 3.28. The number of esters is 1. The molecule has 1 unspecified atom stereocenters. The molecule has 0 radical (unpaired) electrons. The Labute approximate surface area is 151 Å². The molecule has 0 fully saturated rings. The van der Waals surface area contributed by atoms with Gasteiger partial charge in [0, 0.05) is 18.0 Å². The lowest BCUT2D eigenvalue weighted by molar-refractivity contribution is -0.140. The van der Waals surface area contributed by atoms with Gasteiger partial charge in [0.1, 0.15) is 11.3 Å². The van der Waals surface area contributed by atoms with E-state index >= 15 is 0 Å². The monoisotopic (exact) mass is 359 g/mol. The first-order chi connectivity index (χ1) is 12.1. The molecule has 25 heavy (non-hydrogen) atoms. The van der Waals surface area contributed by atoms with E-state index in [1.807, 2.05) is 12.3 Å². The maximum atomic E-state index is 12.6. The molecule has 6 heteroatoms. The van der Waals surface area contributed by atoms with Crippen molar-refractivity contribution < 1.29 is 19.1 Å². The number of fused-ring (bicyclic) bond motifs is 1. The average Bonchev–Trinajstić information content (AvgIpc) is 3.09. The van der Waals surface area contributed by atoms with Gasteiger partial charge >= 0.3 is 5.97 Å². The molecule has 1 aliphatic heterocycles. The molecule has 1 aromatic carbocycles. The summed E-state index contributed by atoms with van der Waals surface area (Å²) in [5, 5.41) is 2.05. The number of rotatable bonds is 5. The maximum absolute atomic E-state index is 12.6. The molecule has 1 atom stereocenters. The first kappa shape index (κ1) is 17.5. The van der Waals surface area contributed by atoms with E-state index in [1.54, 1.807) is 47.4 Å². The van der Waals surface area contributed by atoms with Gasteiger partial charge in [-0.3, -0.25) is 4.79 Å². The summed E-state index contributed by atoms with van der Waals surface area (Å²) in [7, 11) is 0. The second kappa shape index (κ2) is 7.70. The lowest BCUT2D eigenvalue weighted by Gasteiger charge is -2.29. The number of ether oxygens (including phenoxy) is 2. The first-order valence-electron chi connectivity index (χ1n) is 8.37. The third kappa shape index (κ3) is 3.85. The summed E-state index contributed by atoms with van der Waals surface area (Å²) in [6.45, 7) is 5.16. The lowest BCUT2D eigenvalue weighted by atomic mass is 10.1.